The van der Waals surface area contributed by atoms with Gasteiger partial charge in [-0.2, -0.15) is 0 Å². The highest BCUT2D eigenvalue weighted by Crippen LogP contribution is 2.36. The topological polar surface area (TPSA) is 72.8 Å². The van der Waals surface area contributed by atoms with Crippen LogP contribution in [-0.2, 0) is 6.54 Å². The molecule has 1 saturated heterocycles. The summed E-state index contributed by atoms with van der Waals surface area (Å²) in [4.78, 5) is 27.4. The second-order valence-electron chi connectivity index (χ2n) is 8.89. The molecule has 0 unspecified atom stereocenters. The lowest BCUT2D eigenvalue weighted by molar-refractivity contribution is 0.127. The minimum atomic E-state index is -0.149. The third-order valence-electron chi connectivity index (χ3n) is 6.48. The van der Waals surface area contributed by atoms with Crippen LogP contribution in [-0.4, -0.2) is 42.8 Å². The van der Waals surface area contributed by atoms with Gasteiger partial charge in [0.15, 0.2) is 11.5 Å². The molecule has 0 spiro atoms. The zero-order valence-corrected chi connectivity index (χ0v) is 18.6. The van der Waals surface area contributed by atoms with Crippen LogP contribution < -0.4 is 20.3 Å². The fourth-order valence-corrected chi connectivity index (χ4v) is 4.97. The molecule has 2 aromatic rings. The van der Waals surface area contributed by atoms with Crippen molar-refractivity contribution in [2.24, 2.45) is 11.8 Å². The number of nitrogens with zero attached hydrogens (tertiary/aromatic N) is 2. The summed E-state index contributed by atoms with van der Waals surface area (Å²) in [7, 11) is 3.22. The van der Waals surface area contributed by atoms with E-state index in [1.807, 2.05) is 39.8 Å². The lowest BCUT2D eigenvalue weighted by atomic mass is 9.83. The third kappa shape index (κ3) is 4.13. The van der Waals surface area contributed by atoms with Gasteiger partial charge < -0.3 is 24.3 Å². The molecule has 0 saturated carbocycles. The van der Waals surface area contributed by atoms with Crippen molar-refractivity contribution in [3.8, 4) is 11.5 Å². The number of ether oxygens (including phenoxy) is 2. The Morgan fingerprint density at radius 2 is 1.84 bits per heavy atom. The lowest BCUT2D eigenvalue weighted by Crippen LogP contribution is -2.52. The van der Waals surface area contributed by atoms with Gasteiger partial charge in [-0.25, -0.2) is 4.79 Å². The van der Waals surface area contributed by atoms with E-state index in [9.17, 15) is 9.59 Å². The van der Waals surface area contributed by atoms with E-state index in [0.717, 1.165) is 17.7 Å². The quantitative estimate of drug-likeness (QED) is 0.797. The molecular weight excluding hydrogens is 394 g/mol. The summed E-state index contributed by atoms with van der Waals surface area (Å²) in [5, 5.41) is 3.24. The van der Waals surface area contributed by atoms with Crippen LogP contribution in [0.4, 0.5) is 4.79 Å². The largest absolute Gasteiger partial charge is 0.493 e. The van der Waals surface area contributed by atoms with Crippen LogP contribution >= 0.6 is 0 Å². The number of amides is 2. The maximum Gasteiger partial charge on any atom is 0.317 e. The van der Waals surface area contributed by atoms with Crippen molar-refractivity contribution in [3.05, 3.63) is 58.0 Å². The van der Waals surface area contributed by atoms with Crippen LogP contribution in [0.15, 0.2) is 41.2 Å². The predicted molar refractivity (Wildman–Crippen MR) is 119 cm³/mol. The summed E-state index contributed by atoms with van der Waals surface area (Å²) < 4.78 is 12.7. The molecule has 7 heteroatoms. The number of aromatic nitrogens is 1. The molecule has 7 nitrogen and oxygen atoms in total. The zero-order valence-electron chi connectivity index (χ0n) is 18.6. The molecule has 2 aliphatic heterocycles. The van der Waals surface area contributed by atoms with Crippen LogP contribution in [0, 0.1) is 11.8 Å². The van der Waals surface area contributed by atoms with E-state index in [4.69, 9.17) is 9.47 Å². The van der Waals surface area contributed by atoms with Gasteiger partial charge in [-0.3, -0.25) is 4.79 Å². The fraction of sp³-hybridized carbons (Fsp3) is 0.500. The molecule has 1 N–H and O–H groups in total. The number of hydrogen-bond acceptors (Lipinski definition) is 4. The number of pyridine rings is 1. The van der Waals surface area contributed by atoms with E-state index in [1.54, 1.807) is 20.3 Å². The number of benzene rings is 1. The molecule has 166 valence electrons. The number of fused-ring (bicyclic) bond motifs is 4. The number of methoxy groups -OCH3 is 2. The Hall–Kier alpha value is -2.96. The summed E-state index contributed by atoms with van der Waals surface area (Å²) in [6, 6.07) is 11.0. The zero-order chi connectivity index (χ0) is 22.1. The van der Waals surface area contributed by atoms with Gasteiger partial charge in [0.2, 0.25) is 0 Å². The molecule has 1 fully saturated rings. The van der Waals surface area contributed by atoms with E-state index >= 15 is 0 Å². The molecule has 1 aromatic carbocycles. The van der Waals surface area contributed by atoms with Crippen molar-refractivity contribution in [3.63, 3.8) is 0 Å². The number of rotatable bonds is 5. The summed E-state index contributed by atoms with van der Waals surface area (Å²) in [5.74, 6) is 2.01. The molecule has 0 radical (unpaired) electrons. The Morgan fingerprint density at radius 1 is 1.06 bits per heavy atom. The van der Waals surface area contributed by atoms with Crippen molar-refractivity contribution in [1.29, 1.82) is 0 Å². The van der Waals surface area contributed by atoms with E-state index in [-0.39, 0.29) is 29.5 Å². The summed E-state index contributed by atoms with van der Waals surface area (Å²) in [5.41, 5.74) is 2.08. The number of carbonyl (C=O) groups excluding carboxylic acids is 1. The Bertz CT molecular complexity index is 1020. The van der Waals surface area contributed by atoms with Crippen molar-refractivity contribution in [1.82, 2.24) is 14.8 Å². The minimum Gasteiger partial charge on any atom is -0.493 e. The first kappa shape index (κ1) is 21.3. The number of urea groups is 1. The monoisotopic (exact) mass is 425 g/mol. The maximum atomic E-state index is 13.3. The van der Waals surface area contributed by atoms with E-state index < -0.39 is 0 Å². The van der Waals surface area contributed by atoms with Gasteiger partial charge in [-0.15, -0.1) is 0 Å². The van der Waals surface area contributed by atoms with E-state index in [0.29, 0.717) is 37.1 Å². The molecule has 2 aliphatic rings. The normalized spacial score (nSPS) is 20.7. The third-order valence-corrected chi connectivity index (χ3v) is 6.48. The Morgan fingerprint density at radius 3 is 2.55 bits per heavy atom. The number of piperidine rings is 1. The second kappa shape index (κ2) is 8.65. The standard InChI is InChI=1S/C24H31N3O4/c1-15(2)23(17-8-9-20(30-3)21(11-17)31-4)25-24(29)26-12-16-10-18(14-26)19-6-5-7-22(28)27(19)13-16/h5-9,11,15-16,18,23H,10,12-14H2,1-4H3,(H,25,29)/t16-,18+,23-/m1/s1. The van der Waals surface area contributed by atoms with E-state index in [2.05, 4.69) is 19.2 Å². The SMILES string of the molecule is COc1ccc([C@H](NC(=O)N2C[C@H]3C[C@@H](C2)c2cccc(=O)n2C3)C(C)C)cc1OC. The molecule has 2 amide bonds. The predicted octanol–water partition coefficient (Wildman–Crippen LogP) is 3.39. The average molecular weight is 426 g/mol. The van der Waals surface area contributed by atoms with Gasteiger partial charge in [0, 0.05) is 37.3 Å². The Labute approximate surface area is 183 Å². The first-order chi connectivity index (χ1) is 14.9. The van der Waals surface area contributed by atoms with Crippen molar-refractivity contribution < 1.29 is 14.3 Å². The molecule has 4 rings (SSSR count). The molecule has 3 atom stereocenters. The highest BCUT2D eigenvalue weighted by atomic mass is 16.5. The molecule has 1 aromatic heterocycles. The van der Waals surface area contributed by atoms with Crippen LogP contribution in [0.5, 0.6) is 11.5 Å². The number of hydrogen-bond donors (Lipinski definition) is 1. The van der Waals surface area contributed by atoms with Crippen LogP contribution in [0.2, 0.25) is 0 Å². The van der Waals surface area contributed by atoms with Crippen molar-refractivity contribution >= 4 is 6.03 Å². The first-order valence-corrected chi connectivity index (χ1v) is 10.9. The van der Waals surface area contributed by atoms with Crippen molar-refractivity contribution in [2.75, 3.05) is 27.3 Å². The maximum absolute atomic E-state index is 13.3. The fourth-order valence-electron chi connectivity index (χ4n) is 4.97. The van der Waals surface area contributed by atoms with Gasteiger partial charge >= 0.3 is 6.03 Å². The Kier molecular flexibility index (Phi) is 5.94. The molecule has 2 bridgehead atoms. The van der Waals surface area contributed by atoms with Crippen LogP contribution in [0.3, 0.4) is 0 Å². The van der Waals surface area contributed by atoms with Crippen LogP contribution in [0.1, 0.15) is 43.5 Å². The molecule has 31 heavy (non-hydrogen) atoms. The number of likely N-dealkylation sites (tertiary alicyclic amines) is 1. The summed E-state index contributed by atoms with van der Waals surface area (Å²) in [6.45, 7) is 6.16. The minimum absolute atomic E-state index is 0.0541. The van der Waals surface area contributed by atoms with E-state index in [1.165, 1.54) is 0 Å². The Balaban J connectivity index is 1.52. The highest BCUT2D eigenvalue weighted by Gasteiger charge is 2.37. The molecule has 3 heterocycles. The smallest absolute Gasteiger partial charge is 0.317 e. The van der Waals surface area contributed by atoms with Gasteiger partial charge in [0.25, 0.3) is 5.56 Å². The average Bonchev–Trinajstić information content (AvgIpc) is 2.77. The first-order valence-electron chi connectivity index (χ1n) is 10.9. The molecular formula is C24H31N3O4. The number of carbonyl (C=O) groups is 1. The van der Waals surface area contributed by atoms with Gasteiger partial charge in [-0.1, -0.05) is 26.0 Å². The highest BCUT2D eigenvalue weighted by molar-refractivity contribution is 5.75. The summed E-state index contributed by atoms with van der Waals surface area (Å²) >= 11 is 0. The van der Waals surface area contributed by atoms with Gasteiger partial charge in [-0.05, 0) is 42.0 Å². The van der Waals surface area contributed by atoms with Crippen molar-refractivity contribution in [2.45, 2.75) is 38.8 Å². The number of nitrogens with one attached hydrogen (secondary N) is 1. The van der Waals surface area contributed by atoms with Gasteiger partial charge in [0.05, 0.1) is 20.3 Å². The second-order valence-corrected chi connectivity index (χ2v) is 8.89. The van der Waals surface area contributed by atoms with Crippen LogP contribution in [0.25, 0.3) is 0 Å². The van der Waals surface area contributed by atoms with Gasteiger partial charge in [0.1, 0.15) is 0 Å². The summed E-state index contributed by atoms with van der Waals surface area (Å²) in [6.07, 6.45) is 1.02. The molecule has 0 aliphatic carbocycles. The lowest BCUT2D eigenvalue weighted by Gasteiger charge is -2.43.